The predicted octanol–water partition coefficient (Wildman–Crippen LogP) is 10.1. The van der Waals surface area contributed by atoms with Crippen molar-refractivity contribution in [3.63, 3.8) is 0 Å². The van der Waals surface area contributed by atoms with E-state index in [1.165, 1.54) is 0 Å². The molecule has 0 unspecified atom stereocenters. The van der Waals surface area contributed by atoms with Crippen LogP contribution >= 0.6 is 0 Å². The van der Waals surface area contributed by atoms with Crippen molar-refractivity contribution in [1.82, 2.24) is 14.5 Å². The zero-order valence-electron chi connectivity index (χ0n) is 25.0. The van der Waals surface area contributed by atoms with E-state index in [4.69, 9.17) is 18.6 Å². The van der Waals surface area contributed by atoms with Crippen LogP contribution in [0, 0.1) is 12.1 Å². The van der Waals surface area contributed by atoms with Gasteiger partial charge in [-0.15, -0.1) is 12.1 Å². The Morgan fingerprint density at radius 3 is 2.17 bits per heavy atom. The second-order valence-electron chi connectivity index (χ2n) is 11.0. The molecule has 9 rings (SSSR count). The number of ether oxygens (including phenoxy) is 1. The van der Waals surface area contributed by atoms with Crippen LogP contribution in [0.4, 0.5) is 17.2 Å². The molecule has 5 aromatic carbocycles. The summed E-state index contributed by atoms with van der Waals surface area (Å²) in [6, 6.07) is 42.7. The number of benzene rings is 5. The third kappa shape index (κ3) is 4.87. The fraction of sp³-hybridized carbons (Fsp3) is 0.0256. The largest absolute Gasteiger partial charge is 2.00 e. The molecule has 8 heteroatoms. The van der Waals surface area contributed by atoms with Crippen LogP contribution in [0.3, 0.4) is 0 Å². The quantitative estimate of drug-likeness (QED) is 0.156. The van der Waals surface area contributed by atoms with E-state index >= 15 is 0 Å². The number of para-hydroxylation sites is 3. The Morgan fingerprint density at radius 1 is 0.681 bits per heavy atom. The molecule has 9 aromatic rings. The molecule has 0 spiro atoms. The zero-order valence-corrected chi connectivity index (χ0v) is 27.2. The minimum absolute atomic E-state index is 0. The standard InChI is InChI=1S/C39H24N4O3.Pt/c1-42-20-19-41-39(42)31-22-27(24-35-37(31)29-14-6-8-16-34(29)45-35)44-26-21-30-28-13-5-7-15-33(28)46-38(30)32(23-26)43(25-11-3-2-4-12-25)36-17-9-10-18-40-36;/h2-21,24H,1H3;/q-2;+2. The molecule has 0 aliphatic carbocycles. The molecule has 0 bridgehead atoms. The maximum absolute atomic E-state index is 6.65. The van der Waals surface area contributed by atoms with Crippen molar-refractivity contribution in [3.05, 3.63) is 140 Å². The average Bonchev–Trinajstić information content (AvgIpc) is 3.80. The summed E-state index contributed by atoms with van der Waals surface area (Å²) in [6.07, 6.45) is 5.47. The summed E-state index contributed by atoms with van der Waals surface area (Å²) in [4.78, 5) is 11.4. The second-order valence-corrected chi connectivity index (χ2v) is 11.0. The van der Waals surface area contributed by atoms with Gasteiger partial charge in [-0.25, -0.2) is 4.98 Å². The number of aryl methyl sites for hydroxylation is 1. The van der Waals surface area contributed by atoms with Gasteiger partial charge in [0.05, 0.1) is 11.4 Å². The minimum Gasteiger partial charge on any atom is -0.513 e. The van der Waals surface area contributed by atoms with Crippen molar-refractivity contribution in [2.24, 2.45) is 7.05 Å². The van der Waals surface area contributed by atoms with Crippen LogP contribution in [0.25, 0.3) is 55.3 Å². The molecule has 0 N–H and O–H groups in total. The normalized spacial score (nSPS) is 11.3. The van der Waals surface area contributed by atoms with E-state index in [0.29, 0.717) is 28.4 Å². The van der Waals surface area contributed by atoms with Gasteiger partial charge in [-0.05, 0) is 47.5 Å². The first kappa shape index (κ1) is 28.8. The van der Waals surface area contributed by atoms with Gasteiger partial charge < -0.3 is 23.0 Å². The van der Waals surface area contributed by atoms with E-state index in [1.807, 2.05) is 126 Å². The SMILES string of the molecule is Cn1ccnc1-c1[c-]c(Oc2[c-]c(N(c3ccccc3)c3ccccn3)c3oc4ccccc4c3c2)cc2oc3ccccc3c12.[Pt+2]. The molecular formula is C39H24N4O3Pt. The average molecular weight is 792 g/mol. The number of anilines is 3. The van der Waals surface area contributed by atoms with Gasteiger partial charge >= 0.3 is 21.1 Å². The van der Waals surface area contributed by atoms with Crippen molar-refractivity contribution >= 4 is 61.1 Å². The third-order valence-corrected chi connectivity index (χ3v) is 8.13. The van der Waals surface area contributed by atoms with Gasteiger partial charge in [0.2, 0.25) is 0 Å². The maximum Gasteiger partial charge on any atom is 2.00 e. The molecule has 228 valence electrons. The van der Waals surface area contributed by atoms with Crippen molar-refractivity contribution in [1.29, 1.82) is 0 Å². The maximum atomic E-state index is 6.65. The molecule has 4 aromatic heterocycles. The van der Waals surface area contributed by atoms with E-state index in [1.54, 1.807) is 12.4 Å². The van der Waals surface area contributed by atoms with Gasteiger partial charge in [-0.2, -0.15) is 0 Å². The van der Waals surface area contributed by atoms with E-state index in [-0.39, 0.29) is 21.1 Å². The molecular weight excluding hydrogens is 768 g/mol. The van der Waals surface area contributed by atoms with Gasteiger partial charge in [0.1, 0.15) is 17.0 Å². The summed E-state index contributed by atoms with van der Waals surface area (Å²) in [6.45, 7) is 0. The number of rotatable bonds is 6. The van der Waals surface area contributed by atoms with Crippen LogP contribution in [0.1, 0.15) is 0 Å². The Balaban J connectivity index is 0.00000324. The molecule has 0 aliphatic heterocycles. The monoisotopic (exact) mass is 791 g/mol. The number of pyridine rings is 1. The van der Waals surface area contributed by atoms with Gasteiger partial charge in [-0.1, -0.05) is 89.1 Å². The minimum atomic E-state index is 0. The number of fused-ring (bicyclic) bond motifs is 6. The number of aromatic nitrogens is 3. The molecule has 0 fully saturated rings. The Bertz CT molecular complexity index is 2500. The Labute approximate surface area is 283 Å². The van der Waals surface area contributed by atoms with Gasteiger partial charge in [0.15, 0.2) is 0 Å². The predicted molar refractivity (Wildman–Crippen MR) is 180 cm³/mol. The smallest absolute Gasteiger partial charge is 0.513 e. The van der Waals surface area contributed by atoms with Crippen molar-refractivity contribution in [2.75, 3.05) is 4.90 Å². The van der Waals surface area contributed by atoms with Gasteiger partial charge in [0, 0.05) is 53.8 Å². The summed E-state index contributed by atoms with van der Waals surface area (Å²) in [5.41, 5.74) is 5.28. The topological polar surface area (TPSA) is 69.5 Å². The molecule has 0 atom stereocenters. The van der Waals surface area contributed by atoms with Crippen LogP contribution in [0.5, 0.6) is 11.5 Å². The fourth-order valence-corrected chi connectivity index (χ4v) is 6.09. The number of nitrogens with zero attached hydrogens (tertiary/aromatic N) is 4. The van der Waals surface area contributed by atoms with Crippen LogP contribution in [0.2, 0.25) is 0 Å². The summed E-state index contributed by atoms with van der Waals surface area (Å²) in [5.74, 6) is 2.44. The molecule has 4 heterocycles. The van der Waals surface area contributed by atoms with Crippen LogP contribution in [-0.2, 0) is 28.1 Å². The molecule has 0 radical (unpaired) electrons. The van der Waals surface area contributed by atoms with Crippen molar-refractivity contribution in [2.45, 2.75) is 0 Å². The third-order valence-electron chi connectivity index (χ3n) is 8.13. The van der Waals surface area contributed by atoms with Crippen molar-refractivity contribution in [3.8, 4) is 22.9 Å². The van der Waals surface area contributed by atoms with E-state index in [0.717, 1.165) is 55.6 Å². The molecule has 0 saturated carbocycles. The number of imidazole rings is 1. The molecule has 47 heavy (non-hydrogen) atoms. The zero-order chi connectivity index (χ0) is 30.6. The van der Waals surface area contributed by atoms with Gasteiger partial charge in [0.25, 0.3) is 0 Å². The summed E-state index contributed by atoms with van der Waals surface area (Å²) >= 11 is 0. The first-order valence-electron chi connectivity index (χ1n) is 14.9. The second kappa shape index (κ2) is 11.6. The number of hydrogen-bond acceptors (Lipinski definition) is 6. The summed E-state index contributed by atoms with van der Waals surface area (Å²) in [5, 5.41) is 3.79. The Kier molecular flexibility index (Phi) is 7.11. The Morgan fingerprint density at radius 2 is 1.40 bits per heavy atom. The fourth-order valence-electron chi connectivity index (χ4n) is 6.09. The molecule has 0 amide bonds. The first-order chi connectivity index (χ1) is 22.7. The summed E-state index contributed by atoms with van der Waals surface area (Å²) in [7, 11) is 1.96. The molecule has 7 nitrogen and oxygen atoms in total. The van der Waals surface area contributed by atoms with E-state index in [2.05, 4.69) is 23.2 Å². The molecule has 0 saturated heterocycles. The van der Waals surface area contributed by atoms with E-state index < -0.39 is 0 Å². The Hall–Kier alpha value is -5.65. The number of hydrogen-bond donors (Lipinski definition) is 0. The first-order valence-corrected chi connectivity index (χ1v) is 14.9. The van der Waals surface area contributed by atoms with Gasteiger partial charge in [-0.3, -0.25) is 4.98 Å². The van der Waals surface area contributed by atoms with Crippen LogP contribution in [0.15, 0.2) is 137 Å². The van der Waals surface area contributed by atoms with Crippen molar-refractivity contribution < 1.29 is 34.6 Å². The molecule has 0 aliphatic rings. The van der Waals surface area contributed by atoms with E-state index in [9.17, 15) is 0 Å². The van der Waals surface area contributed by atoms with Crippen LogP contribution < -0.4 is 9.64 Å². The summed E-state index contributed by atoms with van der Waals surface area (Å²) < 4.78 is 21.4. The number of furan rings is 2. The van der Waals surface area contributed by atoms with Crippen LogP contribution in [-0.4, -0.2) is 14.5 Å².